The Balaban J connectivity index is 1.14. The van der Waals surface area contributed by atoms with Crippen molar-refractivity contribution in [2.24, 2.45) is 0 Å². The van der Waals surface area contributed by atoms with Gasteiger partial charge < -0.3 is 13.6 Å². The topological polar surface area (TPSA) is 23.0 Å². The second kappa shape index (κ2) is 16.6. The SMILES string of the molecule is CC(C)(C)c1ccc2c(c1)c1cc(C(C)(C)C)c3cc1n2-c1c2ccccc2c(c2ccccc12)-c1ccc2oc4cccc(c4c2c1)-c1c2ccccc2c(c2ccccc12)-n1c2ccc(C(C)(C)C)cc2c2cc(ccc21)C3(C)C. The third-order valence-electron chi connectivity index (χ3n) is 18.9. The second-order valence-corrected chi connectivity index (χ2v) is 27.3. The quantitative estimate of drug-likeness (QED) is 0.139. The van der Waals surface area contributed by atoms with Gasteiger partial charge in [-0.1, -0.05) is 210 Å². The Kier molecular flexibility index (Phi) is 9.91. The summed E-state index contributed by atoms with van der Waals surface area (Å²) in [4.78, 5) is 0. The maximum absolute atomic E-state index is 6.95. The summed E-state index contributed by atoms with van der Waals surface area (Å²) in [6, 6.07) is 77.2. The van der Waals surface area contributed by atoms with E-state index >= 15 is 0 Å². The summed E-state index contributed by atoms with van der Waals surface area (Å²) >= 11 is 0. The Morgan fingerprint density at radius 2 is 0.805 bits per heavy atom. The van der Waals surface area contributed by atoms with Crippen LogP contribution in [0.2, 0.25) is 0 Å². The van der Waals surface area contributed by atoms with Crippen molar-refractivity contribution >= 4 is 109 Å². The van der Waals surface area contributed by atoms with E-state index in [1.165, 1.54) is 137 Å². The van der Waals surface area contributed by atoms with E-state index < -0.39 is 5.41 Å². The maximum Gasteiger partial charge on any atom is 0.136 e. The van der Waals surface area contributed by atoms with Crippen molar-refractivity contribution in [2.75, 3.05) is 0 Å². The van der Waals surface area contributed by atoms with Crippen molar-refractivity contribution in [1.82, 2.24) is 9.13 Å². The van der Waals surface area contributed by atoms with Crippen molar-refractivity contribution in [3.8, 4) is 33.6 Å². The summed E-state index contributed by atoms with van der Waals surface area (Å²) < 4.78 is 12.2. The molecule has 2 aliphatic rings. The van der Waals surface area contributed by atoms with E-state index in [4.69, 9.17) is 4.42 Å². The van der Waals surface area contributed by atoms with Gasteiger partial charge in [0, 0.05) is 59.3 Å². The maximum atomic E-state index is 6.95. The normalized spacial score (nSPS) is 13.9. The van der Waals surface area contributed by atoms with Gasteiger partial charge in [0.25, 0.3) is 0 Å². The average Bonchev–Trinajstić information content (AvgIpc) is 1.78. The first kappa shape index (κ1) is 48.9. The molecule has 2 aliphatic heterocycles. The standard InChI is InChI=1S/C79H66N2O/c1-76(2,3)46-32-35-65-58(40-46)60-42-48-34-37-66(60)80(65)74-55-27-18-14-23-51(55)72(52-24-15-19-28-56(52)74)57-29-20-30-70-73(57)62-39-45(31-38-69(62)82-70)71-49-21-12-16-25-53(49)75(54-26-17-13-22-50(54)71)81-67-36-33-47(77(4,5)6)41-59(67)61-43-63(78(7,8)9)64(44-68(61)81)79(48,10)11/h12-44H,1-11H3. The molecular formula is C79H66N2O. The number of fused-ring (bicyclic) bond motifs is 6. The molecule has 0 saturated carbocycles. The summed E-state index contributed by atoms with van der Waals surface area (Å²) in [7, 11) is 0. The summed E-state index contributed by atoms with van der Waals surface area (Å²) in [6.45, 7) is 26.2. The highest BCUT2D eigenvalue weighted by atomic mass is 16.3. The molecule has 5 heterocycles. The molecule has 0 atom stereocenters. The Morgan fingerprint density at radius 1 is 0.341 bits per heavy atom. The average molecular weight is 1060 g/mol. The van der Waals surface area contributed by atoms with Crippen molar-refractivity contribution in [1.29, 1.82) is 0 Å². The van der Waals surface area contributed by atoms with Crippen LogP contribution in [-0.2, 0) is 21.7 Å². The van der Waals surface area contributed by atoms with Crippen molar-refractivity contribution < 1.29 is 4.42 Å². The van der Waals surface area contributed by atoms with Crippen molar-refractivity contribution in [3.05, 3.63) is 228 Å². The molecule has 398 valence electrons. The molecule has 12 bridgehead atoms. The van der Waals surface area contributed by atoms with Gasteiger partial charge in [-0.15, -0.1) is 0 Å². The lowest BCUT2D eigenvalue weighted by Crippen LogP contribution is -2.25. The summed E-state index contributed by atoms with van der Waals surface area (Å²) in [5.74, 6) is 0. The second-order valence-electron chi connectivity index (χ2n) is 27.3. The molecule has 0 unspecified atom stereocenters. The van der Waals surface area contributed by atoms with E-state index in [9.17, 15) is 0 Å². The van der Waals surface area contributed by atoms with Crippen LogP contribution in [0.3, 0.4) is 0 Å². The number of hydrogen-bond donors (Lipinski definition) is 0. The molecule has 3 nitrogen and oxygen atoms in total. The Bertz CT molecular complexity index is 5180. The minimum absolute atomic E-state index is 0.0435. The number of furan rings is 1. The molecule has 0 aliphatic carbocycles. The molecule has 0 spiro atoms. The predicted molar refractivity (Wildman–Crippen MR) is 352 cm³/mol. The number of hydrogen-bond acceptors (Lipinski definition) is 1. The van der Waals surface area contributed by atoms with Crippen LogP contribution in [0.5, 0.6) is 0 Å². The van der Waals surface area contributed by atoms with Gasteiger partial charge in [-0.05, 0) is 155 Å². The highest BCUT2D eigenvalue weighted by Crippen LogP contribution is 2.52. The van der Waals surface area contributed by atoms with Gasteiger partial charge in [-0.25, -0.2) is 0 Å². The molecule has 15 aromatic rings. The molecule has 12 aromatic carbocycles. The van der Waals surface area contributed by atoms with Gasteiger partial charge in [0.1, 0.15) is 11.2 Å². The van der Waals surface area contributed by atoms with Crippen LogP contribution in [0.15, 0.2) is 205 Å². The zero-order valence-electron chi connectivity index (χ0n) is 48.9. The lowest BCUT2D eigenvalue weighted by atomic mass is 9.70. The fourth-order valence-corrected chi connectivity index (χ4v) is 14.7. The number of nitrogens with zero attached hydrogens (tertiary/aromatic N) is 2. The minimum Gasteiger partial charge on any atom is -0.456 e. The van der Waals surface area contributed by atoms with Crippen LogP contribution in [0.1, 0.15) is 104 Å². The van der Waals surface area contributed by atoms with Crippen LogP contribution in [-0.4, -0.2) is 9.13 Å². The lowest BCUT2D eigenvalue weighted by Gasteiger charge is -2.34. The van der Waals surface area contributed by atoms with Gasteiger partial charge in [-0.2, -0.15) is 0 Å². The van der Waals surface area contributed by atoms with Crippen LogP contribution >= 0.6 is 0 Å². The molecule has 82 heavy (non-hydrogen) atoms. The Hall–Kier alpha value is -8.92. The number of benzene rings is 12. The third-order valence-corrected chi connectivity index (χ3v) is 18.9. The van der Waals surface area contributed by atoms with Crippen LogP contribution in [0.4, 0.5) is 0 Å². The van der Waals surface area contributed by atoms with Crippen molar-refractivity contribution in [3.63, 3.8) is 0 Å². The Morgan fingerprint density at radius 3 is 1.32 bits per heavy atom. The predicted octanol–water partition coefficient (Wildman–Crippen LogP) is 22.3. The van der Waals surface area contributed by atoms with Gasteiger partial charge >= 0.3 is 0 Å². The first-order valence-corrected chi connectivity index (χ1v) is 29.4. The van der Waals surface area contributed by atoms with Gasteiger partial charge in [0.2, 0.25) is 0 Å². The summed E-state index contributed by atoms with van der Waals surface area (Å²) in [6.07, 6.45) is 0. The molecule has 3 heteroatoms. The molecule has 17 rings (SSSR count). The highest BCUT2D eigenvalue weighted by Gasteiger charge is 2.34. The van der Waals surface area contributed by atoms with E-state index in [-0.39, 0.29) is 16.2 Å². The van der Waals surface area contributed by atoms with E-state index in [1.807, 2.05) is 0 Å². The third kappa shape index (κ3) is 6.77. The fourth-order valence-electron chi connectivity index (χ4n) is 14.7. The van der Waals surface area contributed by atoms with E-state index in [0.29, 0.717) is 0 Å². The van der Waals surface area contributed by atoms with Gasteiger partial charge in [-0.3, -0.25) is 0 Å². The first-order chi connectivity index (χ1) is 39.3. The zero-order valence-corrected chi connectivity index (χ0v) is 48.9. The molecule has 3 aromatic heterocycles. The molecule has 0 fully saturated rings. The summed E-state index contributed by atoms with van der Waals surface area (Å²) in [5.41, 5.74) is 19.6. The van der Waals surface area contributed by atoms with E-state index in [1.54, 1.807) is 0 Å². The number of aromatic nitrogens is 2. The largest absolute Gasteiger partial charge is 0.456 e. The van der Waals surface area contributed by atoms with Crippen LogP contribution < -0.4 is 0 Å². The smallest absolute Gasteiger partial charge is 0.136 e. The van der Waals surface area contributed by atoms with Crippen LogP contribution in [0, 0.1) is 0 Å². The summed E-state index contributed by atoms with van der Waals surface area (Å²) in [5, 5.41) is 17.0. The first-order valence-electron chi connectivity index (χ1n) is 29.4. The molecular weight excluding hydrogens is 993 g/mol. The van der Waals surface area contributed by atoms with Gasteiger partial charge in [0.15, 0.2) is 0 Å². The molecule has 0 amide bonds. The lowest BCUT2D eigenvalue weighted by molar-refractivity contribution is 0.551. The molecule has 0 saturated heterocycles. The number of rotatable bonds is 0. The minimum atomic E-state index is -0.436. The van der Waals surface area contributed by atoms with Crippen molar-refractivity contribution in [2.45, 2.75) is 97.8 Å². The zero-order chi connectivity index (χ0) is 56.1. The monoisotopic (exact) mass is 1060 g/mol. The van der Waals surface area contributed by atoms with E-state index in [2.05, 4.69) is 285 Å². The van der Waals surface area contributed by atoms with Crippen LogP contribution in [0.25, 0.3) is 142 Å². The van der Waals surface area contributed by atoms with E-state index in [0.717, 1.165) is 33.1 Å². The fraction of sp³-hybridized carbons (Fsp3) is 0.190. The molecule has 0 radical (unpaired) electrons. The van der Waals surface area contributed by atoms with Gasteiger partial charge in [0.05, 0.1) is 33.4 Å². The molecule has 0 N–H and O–H groups in total. The highest BCUT2D eigenvalue weighted by molar-refractivity contribution is 6.27. The Labute approximate surface area is 479 Å².